The third-order valence-electron chi connectivity index (χ3n) is 5.56. The van der Waals surface area contributed by atoms with Crippen molar-refractivity contribution < 1.29 is 14.7 Å². The number of hydrogen-bond acceptors (Lipinski definition) is 4. The molecule has 7 nitrogen and oxygen atoms in total. The van der Waals surface area contributed by atoms with E-state index in [1.54, 1.807) is 6.07 Å². The van der Waals surface area contributed by atoms with Gasteiger partial charge in [-0.15, -0.1) is 0 Å². The van der Waals surface area contributed by atoms with E-state index < -0.39 is 0 Å². The number of aliphatic hydroxyl groups excluding tert-OH is 1. The van der Waals surface area contributed by atoms with E-state index in [9.17, 15) is 14.7 Å². The number of aliphatic hydroxyl groups is 1. The summed E-state index contributed by atoms with van der Waals surface area (Å²) in [6.07, 6.45) is 3.97. The highest BCUT2D eigenvalue weighted by Gasteiger charge is 2.31. The van der Waals surface area contributed by atoms with E-state index >= 15 is 0 Å². The van der Waals surface area contributed by atoms with E-state index in [1.807, 2.05) is 24.0 Å². The van der Waals surface area contributed by atoms with Gasteiger partial charge in [0.25, 0.3) is 0 Å². The predicted octanol–water partition coefficient (Wildman–Crippen LogP) is 2.41. The van der Waals surface area contributed by atoms with Gasteiger partial charge >= 0.3 is 6.03 Å². The number of piperazine rings is 1. The van der Waals surface area contributed by atoms with Crippen LogP contribution in [0.2, 0.25) is 0 Å². The van der Waals surface area contributed by atoms with Crippen molar-refractivity contribution in [3.8, 4) is 0 Å². The van der Waals surface area contributed by atoms with Crippen LogP contribution in [0, 0.1) is 6.92 Å². The number of urea groups is 1. The molecule has 0 spiro atoms. The van der Waals surface area contributed by atoms with Gasteiger partial charge in [0.1, 0.15) is 0 Å². The predicted molar refractivity (Wildman–Crippen MR) is 106 cm³/mol. The highest BCUT2D eigenvalue weighted by molar-refractivity contribution is 5.93. The maximum atomic E-state index is 12.7. The first kappa shape index (κ1) is 19.6. The lowest BCUT2D eigenvalue weighted by atomic mass is 9.91. The van der Waals surface area contributed by atoms with Gasteiger partial charge in [0.15, 0.2) is 0 Å². The van der Waals surface area contributed by atoms with E-state index in [0.717, 1.165) is 37.9 Å². The van der Waals surface area contributed by atoms with Crippen LogP contribution in [0.3, 0.4) is 0 Å². The van der Waals surface area contributed by atoms with E-state index in [1.165, 1.54) is 13.3 Å². The van der Waals surface area contributed by atoms with Crippen molar-refractivity contribution in [2.24, 2.45) is 0 Å². The minimum Gasteiger partial charge on any atom is -0.391 e. The smallest absolute Gasteiger partial charge is 0.321 e. The van der Waals surface area contributed by atoms with Crippen LogP contribution < -0.4 is 10.6 Å². The summed E-state index contributed by atoms with van der Waals surface area (Å²) in [6, 6.07) is 5.59. The van der Waals surface area contributed by atoms with Crippen LogP contribution >= 0.6 is 0 Å². The van der Waals surface area contributed by atoms with Gasteiger partial charge in [-0.05, 0) is 37.5 Å². The molecule has 1 aliphatic heterocycles. The summed E-state index contributed by atoms with van der Waals surface area (Å²) in [5.74, 6) is -0.142. The van der Waals surface area contributed by atoms with Crippen LogP contribution in [0.4, 0.5) is 16.2 Å². The zero-order chi connectivity index (χ0) is 19.4. The van der Waals surface area contributed by atoms with Gasteiger partial charge in [0, 0.05) is 50.5 Å². The molecule has 1 saturated carbocycles. The number of nitrogens with zero attached hydrogens (tertiary/aromatic N) is 2. The number of anilines is 2. The Labute approximate surface area is 160 Å². The lowest BCUT2D eigenvalue weighted by Crippen LogP contribution is -2.56. The van der Waals surface area contributed by atoms with Crippen LogP contribution in [-0.2, 0) is 4.79 Å². The quantitative estimate of drug-likeness (QED) is 0.758. The molecule has 3 N–H and O–H groups in total. The van der Waals surface area contributed by atoms with E-state index in [2.05, 4.69) is 15.5 Å². The molecule has 3 rings (SSSR count). The van der Waals surface area contributed by atoms with Crippen LogP contribution in [0.25, 0.3) is 0 Å². The van der Waals surface area contributed by atoms with Gasteiger partial charge in [0.05, 0.1) is 6.10 Å². The Bertz CT molecular complexity index is 686. The van der Waals surface area contributed by atoms with Crippen LogP contribution in [0.15, 0.2) is 18.2 Å². The third kappa shape index (κ3) is 4.99. The lowest BCUT2D eigenvalue weighted by Gasteiger charge is -2.42. The molecule has 7 heteroatoms. The van der Waals surface area contributed by atoms with Crippen molar-refractivity contribution in [3.05, 3.63) is 23.8 Å². The summed E-state index contributed by atoms with van der Waals surface area (Å²) in [5.41, 5.74) is 2.32. The first-order valence-corrected chi connectivity index (χ1v) is 9.80. The van der Waals surface area contributed by atoms with Gasteiger partial charge in [-0.25, -0.2) is 4.79 Å². The molecule has 2 fully saturated rings. The fourth-order valence-corrected chi connectivity index (χ4v) is 4.01. The molecular weight excluding hydrogens is 344 g/mol. The number of aryl methyl sites for hydroxylation is 1. The maximum absolute atomic E-state index is 12.7. The number of rotatable bonds is 3. The molecule has 148 valence electrons. The SMILES string of the molecule is CC(=O)Nc1ccc(C)c(NC(=O)N2CCN([C@@H]3CCCC[C@H]3O)CC2)c1. The largest absolute Gasteiger partial charge is 0.391 e. The minimum atomic E-state index is -0.238. The molecule has 0 radical (unpaired) electrons. The number of nitrogens with one attached hydrogen (secondary N) is 2. The summed E-state index contributed by atoms with van der Waals surface area (Å²) in [4.78, 5) is 28.0. The number of amides is 3. The topological polar surface area (TPSA) is 84.9 Å². The molecule has 2 atom stereocenters. The maximum Gasteiger partial charge on any atom is 0.321 e. The highest BCUT2D eigenvalue weighted by Crippen LogP contribution is 2.25. The van der Waals surface area contributed by atoms with Crippen molar-refractivity contribution >= 4 is 23.3 Å². The number of hydrogen-bond donors (Lipinski definition) is 3. The Kier molecular flexibility index (Phi) is 6.34. The molecule has 0 bridgehead atoms. The Balaban J connectivity index is 1.56. The zero-order valence-electron chi connectivity index (χ0n) is 16.2. The number of carbonyl (C=O) groups is 2. The Morgan fingerprint density at radius 2 is 1.78 bits per heavy atom. The molecule has 27 heavy (non-hydrogen) atoms. The molecule has 1 saturated heterocycles. The monoisotopic (exact) mass is 374 g/mol. The number of benzene rings is 1. The first-order valence-electron chi connectivity index (χ1n) is 9.80. The third-order valence-corrected chi connectivity index (χ3v) is 5.56. The van der Waals surface area contributed by atoms with Gasteiger partial charge in [-0.3, -0.25) is 9.69 Å². The average Bonchev–Trinajstić information content (AvgIpc) is 2.64. The van der Waals surface area contributed by atoms with E-state index in [-0.39, 0.29) is 24.1 Å². The zero-order valence-corrected chi connectivity index (χ0v) is 16.2. The second kappa shape index (κ2) is 8.71. The second-order valence-corrected chi connectivity index (χ2v) is 7.58. The molecule has 3 amide bonds. The summed E-state index contributed by atoms with van der Waals surface area (Å²) in [6.45, 7) is 6.27. The fraction of sp³-hybridized carbons (Fsp3) is 0.600. The molecule has 1 aliphatic carbocycles. The second-order valence-electron chi connectivity index (χ2n) is 7.58. The van der Waals surface area contributed by atoms with Gasteiger partial charge in [-0.1, -0.05) is 18.9 Å². The fourth-order valence-electron chi connectivity index (χ4n) is 4.01. The van der Waals surface area contributed by atoms with Crippen molar-refractivity contribution in [3.63, 3.8) is 0 Å². The molecular formula is C20H30N4O3. The van der Waals surface area contributed by atoms with E-state index in [0.29, 0.717) is 24.5 Å². The van der Waals surface area contributed by atoms with Crippen molar-refractivity contribution in [2.45, 2.75) is 51.7 Å². The Hall–Kier alpha value is -2.12. The molecule has 1 heterocycles. The average molecular weight is 374 g/mol. The molecule has 1 aromatic carbocycles. The Morgan fingerprint density at radius 1 is 1.07 bits per heavy atom. The highest BCUT2D eigenvalue weighted by atomic mass is 16.3. The van der Waals surface area contributed by atoms with Gasteiger partial charge in [0.2, 0.25) is 5.91 Å². The summed E-state index contributed by atoms with van der Waals surface area (Å²) < 4.78 is 0. The summed E-state index contributed by atoms with van der Waals surface area (Å²) >= 11 is 0. The van der Waals surface area contributed by atoms with Crippen molar-refractivity contribution in [1.29, 1.82) is 0 Å². The lowest BCUT2D eigenvalue weighted by molar-refractivity contribution is -0.114. The summed E-state index contributed by atoms with van der Waals surface area (Å²) in [7, 11) is 0. The summed E-state index contributed by atoms with van der Waals surface area (Å²) in [5, 5.41) is 15.9. The van der Waals surface area contributed by atoms with Crippen LogP contribution in [0.1, 0.15) is 38.2 Å². The normalized spacial score (nSPS) is 23.7. The standard InChI is InChI=1S/C20H30N4O3/c1-14-7-8-16(21-15(2)25)13-17(14)22-20(27)24-11-9-23(10-12-24)18-5-3-4-6-19(18)26/h7-8,13,18-19,26H,3-6,9-12H2,1-2H3,(H,21,25)(H,22,27)/t18-,19-/m1/s1. The van der Waals surface area contributed by atoms with Crippen molar-refractivity contribution in [2.75, 3.05) is 36.8 Å². The van der Waals surface area contributed by atoms with E-state index in [4.69, 9.17) is 0 Å². The van der Waals surface area contributed by atoms with Crippen molar-refractivity contribution in [1.82, 2.24) is 9.80 Å². The number of carbonyl (C=O) groups excluding carboxylic acids is 2. The minimum absolute atomic E-state index is 0.123. The molecule has 0 unspecified atom stereocenters. The Morgan fingerprint density at radius 3 is 2.44 bits per heavy atom. The van der Waals surface area contributed by atoms with Crippen LogP contribution in [-0.4, -0.2) is 65.2 Å². The van der Waals surface area contributed by atoms with Crippen LogP contribution in [0.5, 0.6) is 0 Å². The van der Waals surface area contributed by atoms with Gasteiger partial charge in [-0.2, -0.15) is 0 Å². The van der Waals surface area contributed by atoms with Gasteiger partial charge < -0.3 is 20.6 Å². The molecule has 0 aromatic heterocycles. The first-order chi connectivity index (χ1) is 12.9. The molecule has 2 aliphatic rings. The molecule has 1 aromatic rings.